The molecule has 2 heterocycles. The van der Waals surface area contributed by atoms with E-state index in [1.807, 2.05) is 0 Å². The maximum absolute atomic E-state index is 10.9. The summed E-state index contributed by atoms with van der Waals surface area (Å²) >= 11 is 0. The Kier molecular flexibility index (Phi) is 0.832. The van der Waals surface area contributed by atoms with Crippen LogP contribution in [-0.2, 0) is 4.74 Å². The van der Waals surface area contributed by atoms with Crippen molar-refractivity contribution in [3.05, 3.63) is 10.1 Å². The highest BCUT2D eigenvalue weighted by molar-refractivity contribution is 5.39. The van der Waals surface area contributed by atoms with Gasteiger partial charge >= 0.3 is 0 Å². The van der Waals surface area contributed by atoms with Crippen molar-refractivity contribution in [1.29, 1.82) is 0 Å². The van der Waals surface area contributed by atoms with E-state index in [0.29, 0.717) is 17.9 Å². The Bertz CT molecular complexity index is 455. The van der Waals surface area contributed by atoms with Crippen molar-refractivity contribution in [3.63, 3.8) is 0 Å². The van der Waals surface area contributed by atoms with E-state index in [9.17, 15) is 10.1 Å². The number of nitro groups is 1. The van der Waals surface area contributed by atoms with E-state index < -0.39 is 0 Å². The van der Waals surface area contributed by atoms with Crippen molar-refractivity contribution in [2.45, 2.75) is 18.1 Å². The average molecular weight is 219 g/mol. The third-order valence-electron chi connectivity index (χ3n) is 7.24. The van der Waals surface area contributed by atoms with Crippen molar-refractivity contribution in [1.82, 2.24) is 0 Å². The normalized spacial score (nSPS) is 77.9. The molecule has 0 spiro atoms. The minimum Gasteiger partial charge on any atom is -0.364 e. The molecule has 5 aliphatic carbocycles. The van der Waals surface area contributed by atoms with Gasteiger partial charge in [-0.2, -0.15) is 0 Å². The predicted octanol–water partition coefficient (Wildman–Crippen LogP) is 0.788. The number of hydrogen-bond acceptors (Lipinski definition) is 3. The van der Waals surface area contributed by atoms with Crippen molar-refractivity contribution in [2.24, 2.45) is 47.3 Å². The summed E-state index contributed by atoms with van der Waals surface area (Å²) in [5.74, 6) is 6.13. The molecule has 0 aromatic rings. The van der Waals surface area contributed by atoms with Gasteiger partial charge in [0.25, 0.3) is 0 Å². The molecule has 2 aliphatic heterocycles. The first kappa shape index (κ1) is 7.64. The molecule has 4 bridgehead atoms. The van der Waals surface area contributed by atoms with E-state index in [-0.39, 0.29) is 17.1 Å². The Morgan fingerprint density at radius 1 is 1.19 bits per heavy atom. The van der Waals surface area contributed by atoms with Gasteiger partial charge in [-0.3, -0.25) is 10.1 Å². The minimum atomic E-state index is -0.291. The summed E-state index contributed by atoms with van der Waals surface area (Å²) in [7, 11) is 0. The summed E-state index contributed by atoms with van der Waals surface area (Å²) in [6, 6.07) is 0. The second kappa shape index (κ2) is 1.74. The zero-order valence-corrected chi connectivity index (χ0v) is 8.78. The van der Waals surface area contributed by atoms with Crippen molar-refractivity contribution in [2.75, 3.05) is 6.54 Å². The number of ether oxygens (including phenoxy) is 1. The van der Waals surface area contributed by atoms with E-state index in [0.717, 1.165) is 35.5 Å². The van der Waals surface area contributed by atoms with E-state index >= 15 is 0 Å². The van der Waals surface area contributed by atoms with E-state index in [1.165, 1.54) is 6.42 Å². The van der Waals surface area contributed by atoms with Crippen molar-refractivity contribution < 1.29 is 9.66 Å². The quantitative estimate of drug-likeness (QED) is 0.509. The van der Waals surface area contributed by atoms with Gasteiger partial charge in [0.1, 0.15) is 5.60 Å². The Morgan fingerprint density at radius 3 is 2.88 bits per heavy atom. The molecule has 0 aromatic heterocycles. The Labute approximate surface area is 92.5 Å². The molecular weight excluding hydrogens is 206 g/mol. The van der Waals surface area contributed by atoms with Crippen LogP contribution in [0.4, 0.5) is 0 Å². The van der Waals surface area contributed by atoms with Gasteiger partial charge in [-0.25, -0.2) is 0 Å². The molecule has 16 heavy (non-hydrogen) atoms. The Balaban J connectivity index is 1.62. The largest absolute Gasteiger partial charge is 0.364 e. The van der Waals surface area contributed by atoms with Crippen LogP contribution >= 0.6 is 0 Å². The highest BCUT2D eigenvalue weighted by atomic mass is 16.6. The second-order valence-corrected chi connectivity index (χ2v) is 6.95. The maximum atomic E-state index is 10.9. The van der Waals surface area contributed by atoms with Gasteiger partial charge in [-0.05, 0) is 41.9 Å². The van der Waals surface area contributed by atoms with E-state index in [2.05, 4.69) is 0 Å². The van der Waals surface area contributed by atoms with Gasteiger partial charge in [0, 0.05) is 16.8 Å². The fourth-order valence-electron chi connectivity index (χ4n) is 7.66. The number of hydrogen-bond donors (Lipinski definition) is 0. The van der Waals surface area contributed by atoms with Gasteiger partial charge < -0.3 is 4.74 Å². The van der Waals surface area contributed by atoms with Crippen LogP contribution in [0.25, 0.3) is 0 Å². The first-order chi connectivity index (χ1) is 7.74. The number of nitrogens with zero attached hydrogens (tertiary/aromatic N) is 1. The van der Waals surface area contributed by atoms with Gasteiger partial charge in [0.15, 0.2) is 0 Å². The standard InChI is InChI=1S/C12H13NO3/c14-13(15)2-12-9-4-1-3-5-6(4)10(12)8(5)11(16-12)7(3)9/h3-11H,1-2H2. The van der Waals surface area contributed by atoms with Crippen LogP contribution in [0, 0.1) is 57.5 Å². The summed E-state index contributed by atoms with van der Waals surface area (Å²) in [6.45, 7) is 0.0955. The molecule has 0 aromatic carbocycles. The monoisotopic (exact) mass is 219 g/mol. The lowest BCUT2D eigenvalue weighted by Gasteiger charge is -2.44. The predicted molar refractivity (Wildman–Crippen MR) is 52.0 cm³/mol. The molecule has 0 amide bonds. The zero-order valence-electron chi connectivity index (χ0n) is 8.78. The van der Waals surface area contributed by atoms with Crippen LogP contribution < -0.4 is 0 Å². The van der Waals surface area contributed by atoms with Gasteiger partial charge in [-0.15, -0.1) is 0 Å². The molecule has 7 rings (SSSR count). The molecule has 7 aliphatic rings. The second-order valence-electron chi connectivity index (χ2n) is 6.95. The fraction of sp³-hybridized carbons (Fsp3) is 1.00. The minimum absolute atomic E-state index is 0.0955. The van der Waals surface area contributed by atoms with Gasteiger partial charge in [0.2, 0.25) is 6.54 Å². The van der Waals surface area contributed by atoms with Gasteiger partial charge in [-0.1, -0.05) is 0 Å². The van der Waals surface area contributed by atoms with Crippen LogP contribution in [0.5, 0.6) is 0 Å². The van der Waals surface area contributed by atoms with Crippen LogP contribution in [0.2, 0.25) is 0 Å². The summed E-state index contributed by atoms with van der Waals surface area (Å²) in [4.78, 5) is 10.8. The zero-order chi connectivity index (χ0) is 10.4. The van der Waals surface area contributed by atoms with Crippen molar-refractivity contribution in [3.8, 4) is 0 Å². The topological polar surface area (TPSA) is 52.4 Å². The number of rotatable bonds is 2. The van der Waals surface area contributed by atoms with Crippen molar-refractivity contribution >= 4 is 0 Å². The SMILES string of the molecule is O=[N+]([O-])CC12OC3C4C5CC(C6C5C3C61)C42. The lowest BCUT2D eigenvalue weighted by Crippen LogP contribution is -2.51. The highest BCUT2D eigenvalue weighted by Gasteiger charge is 2.93. The summed E-state index contributed by atoms with van der Waals surface area (Å²) in [5, 5.41) is 10.9. The Hall–Kier alpha value is -0.640. The maximum Gasteiger partial charge on any atom is 0.233 e. The van der Waals surface area contributed by atoms with Gasteiger partial charge in [0.05, 0.1) is 6.10 Å². The molecule has 5 saturated carbocycles. The average Bonchev–Trinajstić information content (AvgIpc) is 2.73. The smallest absolute Gasteiger partial charge is 0.233 e. The lowest BCUT2D eigenvalue weighted by molar-refractivity contribution is -0.503. The van der Waals surface area contributed by atoms with E-state index in [1.54, 1.807) is 0 Å². The fourth-order valence-corrected chi connectivity index (χ4v) is 7.66. The third kappa shape index (κ3) is 0.424. The third-order valence-corrected chi connectivity index (χ3v) is 7.24. The molecule has 4 nitrogen and oxygen atoms in total. The Morgan fingerprint density at radius 2 is 2.06 bits per heavy atom. The molecule has 10 atom stereocenters. The van der Waals surface area contributed by atoms with Crippen LogP contribution in [-0.4, -0.2) is 23.2 Å². The molecular formula is C12H13NO3. The van der Waals surface area contributed by atoms with Crippen LogP contribution in [0.3, 0.4) is 0 Å². The van der Waals surface area contributed by atoms with Crippen LogP contribution in [0.15, 0.2) is 0 Å². The molecule has 2 saturated heterocycles. The molecule has 4 heteroatoms. The molecule has 10 unspecified atom stereocenters. The van der Waals surface area contributed by atoms with Crippen LogP contribution in [0.1, 0.15) is 6.42 Å². The summed E-state index contributed by atoms with van der Waals surface area (Å²) in [6.07, 6.45) is 1.82. The molecule has 7 fully saturated rings. The highest BCUT2D eigenvalue weighted by Crippen LogP contribution is 2.90. The first-order valence-electron chi connectivity index (χ1n) is 6.54. The molecule has 0 N–H and O–H groups in total. The first-order valence-corrected chi connectivity index (χ1v) is 6.54. The summed E-state index contributed by atoms with van der Waals surface area (Å²) < 4.78 is 6.22. The van der Waals surface area contributed by atoms with E-state index in [4.69, 9.17) is 4.74 Å². The molecule has 0 radical (unpaired) electrons. The summed E-state index contributed by atoms with van der Waals surface area (Å²) in [5.41, 5.74) is -0.291. The lowest BCUT2D eigenvalue weighted by atomic mass is 9.57. The molecule has 84 valence electrons.